The maximum absolute atomic E-state index is 5.49. The van der Waals surface area contributed by atoms with Crippen molar-refractivity contribution in [3.05, 3.63) is 0 Å². The smallest absolute Gasteiger partial charge is 0.0193 e. The summed E-state index contributed by atoms with van der Waals surface area (Å²) in [5, 5.41) is 3.47. The Balaban J connectivity index is 2.20. The first kappa shape index (κ1) is 7.03. The molecule has 0 radical (unpaired) electrons. The van der Waals surface area contributed by atoms with Gasteiger partial charge < -0.3 is 11.1 Å². The average Bonchev–Trinajstić information content (AvgIpc) is 2.34. The van der Waals surface area contributed by atoms with Gasteiger partial charge in [-0.25, -0.2) is 0 Å². The Morgan fingerprint density at radius 1 is 1.44 bits per heavy atom. The predicted molar refractivity (Wildman–Crippen MR) is 39.3 cm³/mol. The number of nitrogens with two attached hydrogens (primary N) is 1. The van der Waals surface area contributed by atoms with Crippen molar-refractivity contribution >= 4 is 0 Å². The van der Waals surface area contributed by atoms with Crippen molar-refractivity contribution in [1.29, 1.82) is 0 Å². The fourth-order valence-corrected chi connectivity index (χ4v) is 1.41. The summed E-state index contributed by atoms with van der Waals surface area (Å²) in [5.74, 6) is 0. The second kappa shape index (κ2) is 3.18. The highest BCUT2D eigenvalue weighted by Crippen LogP contribution is 2.13. The van der Waals surface area contributed by atoms with Crippen LogP contribution in [0.3, 0.4) is 0 Å². The van der Waals surface area contributed by atoms with Crippen LogP contribution in [-0.4, -0.2) is 18.6 Å². The third-order valence-corrected chi connectivity index (χ3v) is 2.11. The van der Waals surface area contributed by atoms with Crippen molar-refractivity contribution in [3.63, 3.8) is 0 Å². The van der Waals surface area contributed by atoms with Crippen molar-refractivity contribution in [2.24, 2.45) is 5.73 Å². The van der Waals surface area contributed by atoms with E-state index in [1.54, 1.807) is 0 Å². The van der Waals surface area contributed by atoms with E-state index in [1.165, 1.54) is 19.3 Å². The van der Waals surface area contributed by atoms with E-state index in [0.29, 0.717) is 6.04 Å². The molecular weight excluding hydrogens is 112 g/mol. The van der Waals surface area contributed by atoms with Gasteiger partial charge in [0.2, 0.25) is 0 Å². The average molecular weight is 128 g/mol. The second-order valence-electron chi connectivity index (χ2n) is 2.78. The molecule has 0 amide bonds. The molecule has 0 unspecified atom stereocenters. The SMILES string of the molecule is CC[C@H]1CC[C@@H](CN)N1. The molecule has 1 aliphatic rings. The van der Waals surface area contributed by atoms with Crippen LogP contribution >= 0.6 is 0 Å². The molecule has 3 N–H and O–H groups in total. The maximum atomic E-state index is 5.49. The van der Waals surface area contributed by atoms with Gasteiger partial charge in [0.1, 0.15) is 0 Å². The highest BCUT2D eigenvalue weighted by molar-refractivity contribution is 4.82. The summed E-state index contributed by atoms with van der Waals surface area (Å²) >= 11 is 0. The maximum Gasteiger partial charge on any atom is 0.0193 e. The third kappa shape index (κ3) is 1.66. The Labute approximate surface area is 56.8 Å². The molecule has 54 valence electrons. The molecule has 0 bridgehead atoms. The van der Waals surface area contributed by atoms with Crippen LogP contribution in [0.15, 0.2) is 0 Å². The lowest BCUT2D eigenvalue weighted by Gasteiger charge is -2.09. The Bertz CT molecular complexity index is 73.0. The molecule has 0 aromatic rings. The van der Waals surface area contributed by atoms with Crippen molar-refractivity contribution < 1.29 is 0 Å². The van der Waals surface area contributed by atoms with E-state index < -0.39 is 0 Å². The van der Waals surface area contributed by atoms with Crippen LogP contribution in [0.25, 0.3) is 0 Å². The molecule has 2 atom stereocenters. The zero-order chi connectivity index (χ0) is 6.69. The van der Waals surface area contributed by atoms with Gasteiger partial charge in [-0.1, -0.05) is 6.92 Å². The van der Waals surface area contributed by atoms with Gasteiger partial charge in [-0.05, 0) is 19.3 Å². The number of hydrogen-bond donors (Lipinski definition) is 2. The van der Waals surface area contributed by atoms with Gasteiger partial charge in [-0.2, -0.15) is 0 Å². The first-order chi connectivity index (χ1) is 4.36. The summed E-state index contributed by atoms with van der Waals surface area (Å²) in [6.45, 7) is 3.02. The molecule has 1 fully saturated rings. The fourth-order valence-electron chi connectivity index (χ4n) is 1.41. The van der Waals surface area contributed by atoms with Gasteiger partial charge in [0.25, 0.3) is 0 Å². The Hall–Kier alpha value is -0.0800. The van der Waals surface area contributed by atoms with Gasteiger partial charge in [-0.3, -0.25) is 0 Å². The van der Waals surface area contributed by atoms with E-state index in [0.717, 1.165) is 12.6 Å². The monoisotopic (exact) mass is 128 g/mol. The first-order valence-corrected chi connectivity index (χ1v) is 3.83. The third-order valence-electron chi connectivity index (χ3n) is 2.11. The Morgan fingerprint density at radius 2 is 2.11 bits per heavy atom. The lowest BCUT2D eigenvalue weighted by atomic mass is 10.1. The number of nitrogens with one attached hydrogen (secondary N) is 1. The highest BCUT2D eigenvalue weighted by Gasteiger charge is 2.19. The van der Waals surface area contributed by atoms with Gasteiger partial charge in [-0.15, -0.1) is 0 Å². The summed E-state index contributed by atoms with van der Waals surface area (Å²) in [5.41, 5.74) is 5.49. The molecule has 1 heterocycles. The summed E-state index contributed by atoms with van der Waals surface area (Å²) in [6, 6.07) is 1.36. The molecule has 1 rings (SSSR count). The number of rotatable bonds is 2. The molecule has 1 saturated heterocycles. The van der Waals surface area contributed by atoms with Crippen LogP contribution < -0.4 is 11.1 Å². The Morgan fingerprint density at radius 3 is 2.44 bits per heavy atom. The van der Waals surface area contributed by atoms with Crippen LogP contribution in [0.2, 0.25) is 0 Å². The Kier molecular flexibility index (Phi) is 2.49. The van der Waals surface area contributed by atoms with Crippen LogP contribution in [0.5, 0.6) is 0 Å². The molecule has 9 heavy (non-hydrogen) atoms. The van der Waals surface area contributed by atoms with Crippen LogP contribution in [-0.2, 0) is 0 Å². The topological polar surface area (TPSA) is 38.0 Å². The molecule has 0 spiro atoms. The molecular formula is C7H16N2. The number of hydrogen-bond acceptors (Lipinski definition) is 2. The van der Waals surface area contributed by atoms with Gasteiger partial charge in [0.15, 0.2) is 0 Å². The van der Waals surface area contributed by atoms with Gasteiger partial charge >= 0.3 is 0 Å². The first-order valence-electron chi connectivity index (χ1n) is 3.83. The lowest BCUT2D eigenvalue weighted by Crippen LogP contribution is -2.34. The molecule has 0 saturated carbocycles. The van der Waals surface area contributed by atoms with Crippen molar-refractivity contribution in [1.82, 2.24) is 5.32 Å². The van der Waals surface area contributed by atoms with Crippen LogP contribution in [0.4, 0.5) is 0 Å². The largest absolute Gasteiger partial charge is 0.329 e. The predicted octanol–water partition coefficient (Wildman–Crippen LogP) is 0.476. The lowest BCUT2D eigenvalue weighted by molar-refractivity contribution is 0.531. The van der Waals surface area contributed by atoms with Gasteiger partial charge in [0, 0.05) is 18.6 Å². The second-order valence-corrected chi connectivity index (χ2v) is 2.78. The minimum Gasteiger partial charge on any atom is -0.329 e. The van der Waals surface area contributed by atoms with Crippen molar-refractivity contribution in [2.45, 2.75) is 38.3 Å². The van der Waals surface area contributed by atoms with Crippen LogP contribution in [0.1, 0.15) is 26.2 Å². The van der Waals surface area contributed by atoms with Crippen LogP contribution in [0, 0.1) is 0 Å². The van der Waals surface area contributed by atoms with Crippen molar-refractivity contribution in [2.75, 3.05) is 6.54 Å². The molecule has 0 aliphatic carbocycles. The summed E-state index contributed by atoms with van der Waals surface area (Å²) in [7, 11) is 0. The van der Waals surface area contributed by atoms with E-state index in [2.05, 4.69) is 12.2 Å². The molecule has 0 aromatic heterocycles. The summed E-state index contributed by atoms with van der Waals surface area (Å²) in [4.78, 5) is 0. The van der Waals surface area contributed by atoms with Crippen molar-refractivity contribution in [3.8, 4) is 0 Å². The minimum absolute atomic E-state index is 0.606. The van der Waals surface area contributed by atoms with E-state index in [4.69, 9.17) is 5.73 Å². The normalized spacial score (nSPS) is 35.3. The zero-order valence-corrected chi connectivity index (χ0v) is 6.06. The van der Waals surface area contributed by atoms with E-state index >= 15 is 0 Å². The van der Waals surface area contributed by atoms with E-state index in [-0.39, 0.29) is 0 Å². The van der Waals surface area contributed by atoms with E-state index in [1.807, 2.05) is 0 Å². The van der Waals surface area contributed by atoms with Gasteiger partial charge in [0.05, 0.1) is 0 Å². The highest BCUT2D eigenvalue weighted by atomic mass is 15.0. The molecule has 2 nitrogen and oxygen atoms in total. The fraction of sp³-hybridized carbons (Fsp3) is 1.00. The quantitative estimate of drug-likeness (QED) is 0.567. The molecule has 2 heteroatoms. The van der Waals surface area contributed by atoms with E-state index in [9.17, 15) is 0 Å². The molecule has 0 aromatic carbocycles. The standard InChI is InChI=1S/C7H16N2/c1-2-6-3-4-7(5-8)9-6/h6-7,9H,2-5,8H2,1H3/t6-,7-/m0/s1. The molecule has 1 aliphatic heterocycles. The zero-order valence-electron chi connectivity index (χ0n) is 6.06. The summed E-state index contributed by atoms with van der Waals surface area (Å²) in [6.07, 6.45) is 3.84. The summed E-state index contributed by atoms with van der Waals surface area (Å²) < 4.78 is 0. The minimum atomic E-state index is 0.606.